The Morgan fingerprint density at radius 3 is 2.80 bits per heavy atom. The number of nitrogen functional groups attached to an aromatic ring is 1. The molecular formula is C13H19FN2O3S. The van der Waals surface area contributed by atoms with Crippen LogP contribution in [-0.2, 0) is 14.8 Å². The molecule has 0 aromatic heterocycles. The predicted octanol–water partition coefficient (Wildman–Crippen LogP) is 1.52. The average Bonchev–Trinajstić information content (AvgIpc) is 2.44. The van der Waals surface area contributed by atoms with E-state index in [4.69, 9.17) is 10.5 Å². The molecule has 1 unspecified atom stereocenters. The van der Waals surface area contributed by atoms with Crippen LogP contribution < -0.4 is 5.73 Å². The Balaban J connectivity index is 2.44. The van der Waals surface area contributed by atoms with Crippen LogP contribution >= 0.6 is 0 Å². The summed E-state index contributed by atoms with van der Waals surface area (Å²) in [5.41, 5.74) is 6.07. The Bertz CT molecular complexity index is 581. The fraction of sp³-hybridized carbons (Fsp3) is 0.538. The number of sulfonamides is 1. The minimum Gasteiger partial charge on any atom is -0.398 e. The summed E-state index contributed by atoms with van der Waals surface area (Å²) in [6, 6.07) is 2.12. The zero-order chi connectivity index (χ0) is 14.9. The van der Waals surface area contributed by atoms with Crippen molar-refractivity contribution in [3.8, 4) is 0 Å². The summed E-state index contributed by atoms with van der Waals surface area (Å²) in [6.45, 7) is 4.39. The number of morpholine rings is 1. The monoisotopic (exact) mass is 302 g/mol. The summed E-state index contributed by atoms with van der Waals surface area (Å²) in [5, 5.41) is 0. The van der Waals surface area contributed by atoms with E-state index in [-0.39, 0.29) is 28.7 Å². The first-order chi connectivity index (χ1) is 9.37. The van der Waals surface area contributed by atoms with Crippen LogP contribution in [0, 0.1) is 12.7 Å². The topological polar surface area (TPSA) is 72.6 Å². The van der Waals surface area contributed by atoms with Crippen molar-refractivity contribution in [1.29, 1.82) is 0 Å². The van der Waals surface area contributed by atoms with Crippen molar-refractivity contribution in [2.75, 3.05) is 25.5 Å². The van der Waals surface area contributed by atoms with Crippen LogP contribution in [0.3, 0.4) is 0 Å². The van der Waals surface area contributed by atoms with Gasteiger partial charge in [0.05, 0.1) is 18.1 Å². The second-order valence-corrected chi connectivity index (χ2v) is 6.76. The van der Waals surface area contributed by atoms with Gasteiger partial charge in [0.1, 0.15) is 5.82 Å². The summed E-state index contributed by atoms with van der Waals surface area (Å²) in [5.74, 6) is -0.607. The van der Waals surface area contributed by atoms with E-state index in [0.717, 1.165) is 6.07 Å². The molecule has 20 heavy (non-hydrogen) atoms. The van der Waals surface area contributed by atoms with Crippen molar-refractivity contribution in [2.45, 2.75) is 31.2 Å². The molecule has 0 radical (unpaired) electrons. The van der Waals surface area contributed by atoms with Gasteiger partial charge in [0.2, 0.25) is 10.0 Å². The van der Waals surface area contributed by atoms with Gasteiger partial charge in [0.25, 0.3) is 0 Å². The minimum atomic E-state index is -3.75. The fourth-order valence-electron chi connectivity index (χ4n) is 2.24. The predicted molar refractivity (Wildman–Crippen MR) is 74.3 cm³/mol. The third-order valence-corrected chi connectivity index (χ3v) is 5.54. The first kappa shape index (κ1) is 15.2. The quantitative estimate of drug-likeness (QED) is 0.859. The average molecular weight is 302 g/mol. The van der Waals surface area contributed by atoms with E-state index < -0.39 is 15.8 Å². The fourth-order valence-corrected chi connectivity index (χ4v) is 3.95. The molecule has 2 rings (SSSR count). The SMILES string of the molecule is CCC1COCCN1S(=O)(=O)c1cc(N)c(C)c(F)c1. The van der Waals surface area contributed by atoms with Gasteiger partial charge in [-0.25, -0.2) is 12.8 Å². The molecule has 1 aromatic carbocycles. The third-order valence-electron chi connectivity index (χ3n) is 3.61. The highest BCUT2D eigenvalue weighted by atomic mass is 32.2. The molecule has 1 aliphatic rings. The molecule has 5 nitrogen and oxygen atoms in total. The third kappa shape index (κ3) is 2.65. The number of anilines is 1. The van der Waals surface area contributed by atoms with Crippen LogP contribution in [0.1, 0.15) is 18.9 Å². The van der Waals surface area contributed by atoms with Crippen LogP contribution in [0.15, 0.2) is 17.0 Å². The maximum absolute atomic E-state index is 13.7. The van der Waals surface area contributed by atoms with Crippen LogP contribution in [-0.4, -0.2) is 38.5 Å². The molecule has 0 bridgehead atoms. The highest BCUT2D eigenvalue weighted by Crippen LogP contribution is 2.26. The van der Waals surface area contributed by atoms with Crippen LogP contribution in [0.25, 0.3) is 0 Å². The summed E-state index contributed by atoms with van der Waals surface area (Å²) in [7, 11) is -3.75. The number of ether oxygens (including phenoxy) is 1. The van der Waals surface area contributed by atoms with E-state index >= 15 is 0 Å². The molecule has 0 spiro atoms. The number of nitrogens with zero attached hydrogens (tertiary/aromatic N) is 1. The summed E-state index contributed by atoms with van der Waals surface area (Å²) in [4.78, 5) is -0.0987. The number of halogens is 1. The molecule has 1 fully saturated rings. The first-order valence-electron chi connectivity index (χ1n) is 6.53. The molecule has 1 aliphatic heterocycles. The molecule has 7 heteroatoms. The Labute approximate surface area is 118 Å². The van der Waals surface area contributed by atoms with Crippen molar-refractivity contribution < 1.29 is 17.5 Å². The lowest BCUT2D eigenvalue weighted by molar-refractivity contribution is 0.0314. The van der Waals surface area contributed by atoms with E-state index in [2.05, 4.69) is 0 Å². The van der Waals surface area contributed by atoms with Gasteiger partial charge in [-0.2, -0.15) is 4.31 Å². The number of hydrogen-bond acceptors (Lipinski definition) is 4. The second-order valence-electron chi connectivity index (χ2n) is 4.87. The molecule has 0 aliphatic carbocycles. The van der Waals surface area contributed by atoms with Crippen molar-refractivity contribution >= 4 is 15.7 Å². The molecule has 2 N–H and O–H groups in total. The van der Waals surface area contributed by atoms with E-state index in [1.807, 2.05) is 6.92 Å². The zero-order valence-corrected chi connectivity index (χ0v) is 12.4. The van der Waals surface area contributed by atoms with E-state index in [1.165, 1.54) is 17.3 Å². The van der Waals surface area contributed by atoms with E-state index in [1.54, 1.807) is 0 Å². The van der Waals surface area contributed by atoms with Gasteiger partial charge >= 0.3 is 0 Å². The minimum absolute atomic E-state index is 0.0987. The van der Waals surface area contributed by atoms with Crippen LogP contribution in [0.5, 0.6) is 0 Å². The Kier molecular flexibility index (Phi) is 4.31. The number of benzene rings is 1. The van der Waals surface area contributed by atoms with Crippen LogP contribution in [0.4, 0.5) is 10.1 Å². The number of rotatable bonds is 3. The van der Waals surface area contributed by atoms with Crippen molar-refractivity contribution in [3.05, 3.63) is 23.5 Å². The molecule has 0 saturated carbocycles. The summed E-state index contributed by atoms with van der Waals surface area (Å²) < 4.78 is 45.6. The molecular weight excluding hydrogens is 283 g/mol. The maximum atomic E-state index is 13.7. The first-order valence-corrected chi connectivity index (χ1v) is 7.97. The number of hydrogen-bond donors (Lipinski definition) is 1. The van der Waals surface area contributed by atoms with Gasteiger partial charge in [-0.3, -0.25) is 0 Å². The van der Waals surface area contributed by atoms with Crippen molar-refractivity contribution in [2.24, 2.45) is 0 Å². The van der Waals surface area contributed by atoms with Crippen molar-refractivity contribution in [1.82, 2.24) is 4.31 Å². The Hall–Kier alpha value is -1.18. The molecule has 1 saturated heterocycles. The van der Waals surface area contributed by atoms with Gasteiger partial charge in [0, 0.05) is 23.8 Å². The van der Waals surface area contributed by atoms with Gasteiger partial charge in [-0.15, -0.1) is 0 Å². The second kappa shape index (κ2) is 5.67. The highest BCUT2D eigenvalue weighted by molar-refractivity contribution is 7.89. The van der Waals surface area contributed by atoms with E-state index in [9.17, 15) is 12.8 Å². The lowest BCUT2D eigenvalue weighted by Gasteiger charge is -2.34. The smallest absolute Gasteiger partial charge is 0.243 e. The zero-order valence-electron chi connectivity index (χ0n) is 11.6. The molecule has 0 amide bonds. The molecule has 1 atom stereocenters. The highest BCUT2D eigenvalue weighted by Gasteiger charge is 2.33. The Morgan fingerprint density at radius 1 is 1.50 bits per heavy atom. The molecule has 1 heterocycles. The van der Waals surface area contributed by atoms with E-state index in [0.29, 0.717) is 19.6 Å². The summed E-state index contributed by atoms with van der Waals surface area (Å²) >= 11 is 0. The standard InChI is InChI=1S/C13H19FN2O3S/c1-3-10-8-19-5-4-16(10)20(17,18)11-6-12(14)9(2)13(15)7-11/h6-7,10H,3-5,8,15H2,1-2H3. The van der Waals surface area contributed by atoms with Gasteiger partial charge in [-0.05, 0) is 25.5 Å². The van der Waals surface area contributed by atoms with Gasteiger partial charge in [0.15, 0.2) is 0 Å². The largest absolute Gasteiger partial charge is 0.398 e. The Morgan fingerprint density at radius 2 is 2.20 bits per heavy atom. The van der Waals surface area contributed by atoms with Crippen LogP contribution in [0.2, 0.25) is 0 Å². The van der Waals surface area contributed by atoms with Gasteiger partial charge < -0.3 is 10.5 Å². The molecule has 1 aromatic rings. The maximum Gasteiger partial charge on any atom is 0.243 e. The lowest BCUT2D eigenvalue weighted by Crippen LogP contribution is -2.48. The summed E-state index contributed by atoms with van der Waals surface area (Å²) in [6.07, 6.45) is 0.642. The normalized spacial score (nSPS) is 21.1. The number of nitrogens with two attached hydrogens (primary N) is 1. The molecule has 112 valence electrons. The lowest BCUT2D eigenvalue weighted by atomic mass is 10.2. The van der Waals surface area contributed by atoms with Crippen molar-refractivity contribution in [3.63, 3.8) is 0 Å². The van der Waals surface area contributed by atoms with Gasteiger partial charge in [-0.1, -0.05) is 6.92 Å².